The standard InChI is InChI=1S/C17H17N3O4.CH4O3S/c1-10(15(21)22)11-4-8-14(9-5-11)24-16(23)12-2-6-13(7-3-12)20-17(18)19;1-5(2,3)4/h2-10H,1H3,(H,21,22)(H4,18,19,20);1H3,(H,2,3,4). The number of hydrogen-bond donors (Lipinski definition) is 4. The molecule has 156 valence electrons. The van der Waals surface area contributed by atoms with Gasteiger partial charge in [-0.05, 0) is 48.9 Å². The van der Waals surface area contributed by atoms with E-state index in [1.54, 1.807) is 55.5 Å². The number of carboxylic acid groups (broad SMARTS) is 1. The van der Waals surface area contributed by atoms with Gasteiger partial charge in [0, 0.05) is 0 Å². The summed E-state index contributed by atoms with van der Waals surface area (Å²) < 4.78 is 31.1. The molecule has 10 nitrogen and oxygen atoms in total. The molecule has 2 aromatic carbocycles. The summed E-state index contributed by atoms with van der Waals surface area (Å²) in [5, 5.41) is 8.97. The van der Waals surface area contributed by atoms with Gasteiger partial charge >= 0.3 is 11.9 Å². The molecule has 0 bridgehead atoms. The van der Waals surface area contributed by atoms with Gasteiger partial charge in [-0.15, -0.1) is 0 Å². The largest absolute Gasteiger partial charge is 0.481 e. The zero-order valence-electron chi connectivity index (χ0n) is 15.6. The highest BCUT2D eigenvalue weighted by atomic mass is 32.2. The third-order valence-electron chi connectivity index (χ3n) is 3.32. The summed E-state index contributed by atoms with van der Waals surface area (Å²) >= 11 is 0. The zero-order valence-corrected chi connectivity index (χ0v) is 16.5. The molecule has 0 spiro atoms. The van der Waals surface area contributed by atoms with Crippen molar-refractivity contribution in [3.05, 3.63) is 59.7 Å². The minimum absolute atomic E-state index is 0.0685. The van der Waals surface area contributed by atoms with E-state index in [2.05, 4.69) is 4.99 Å². The monoisotopic (exact) mass is 423 g/mol. The molecule has 0 heterocycles. The Bertz CT molecular complexity index is 973. The van der Waals surface area contributed by atoms with Crippen LogP contribution >= 0.6 is 0 Å². The molecular weight excluding hydrogens is 402 g/mol. The molecule has 0 radical (unpaired) electrons. The van der Waals surface area contributed by atoms with Gasteiger partial charge in [0.25, 0.3) is 10.1 Å². The Hall–Kier alpha value is -3.44. The third-order valence-corrected chi connectivity index (χ3v) is 3.32. The van der Waals surface area contributed by atoms with Crippen molar-refractivity contribution in [2.24, 2.45) is 16.5 Å². The van der Waals surface area contributed by atoms with E-state index in [1.807, 2.05) is 0 Å². The van der Waals surface area contributed by atoms with E-state index in [0.29, 0.717) is 28.8 Å². The third kappa shape index (κ3) is 9.35. The summed E-state index contributed by atoms with van der Waals surface area (Å²) in [5.41, 5.74) is 12.0. The summed E-state index contributed by atoms with van der Waals surface area (Å²) in [7, 11) is -3.67. The minimum Gasteiger partial charge on any atom is -0.481 e. The van der Waals surface area contributed by atoms with Crippen LogP contribution in [0.2, 0.25) is 0 Å². The van der Waals surface area contributed by atoms with Crippen LogP contribution in [0.3, 0.4) is 0 Å². The van der Waals surface area contributed by atoms with Crippen LogP contribution in [0.5, 0.6) is 5.75 Å². The molecular formula is C18H21N3O7S. The van der Waals surface area contributed by atoms with Crippen LogP contribution in [0, 0.1) is 0 Å². The van der Waals surface area contributed by atoms with Crippen LogP contribution < -0.4 is 16.2 Å². The molecule has 1 unspecified atom stereocenters. The zero-order chi connectivity index (χ0) is 22.2. The fourth-order valence-corrected chi connectivity index (χ4v) is 1.95. The van der Waals surface area contributed by atoms with E-state index >= 15 is 0 Å². The van der Waals surface area contributed by atoms with Crippen molar-refractivity contribution >= 4 is 33.7 Å². The first-order valence-electron chi connectivity index (χ1n) is 8.04. The quantitative estimate of drug-likeness (QED) is 0.182. The van der Waals surface area contributed by atoms with Crippen LogP contribution in [0.4, 0.5) is 5.69 Å². The Balaban J connectivity index is 0.000000749. The Labute approximate surface area is 167 Å². The average molecular weight is 423 g/mol. The van der Waals surface area contributed by atoms with Crippen LogP contribution in [-0.4, -0.2) is 42.2 Å². The predicted molar refractivity (Wildman–Crippen MR) is 107 cm³/mol. The molecule has 0 aliphatic heterocycles. The molecule has 1 atom stereocenters. The number of carboxylic acids is 1. The van der Waals surface area contributed by atoms with Crippen molar-refractivity contribution in [2.45, 2.75) is 12.8 Å². The molecule has 0 aromatic heterocycles. The highest BCUT2D eigenvalue weighted by molar-refractivity contribution is 7.85. The lowest BCUT2D eigenvalue weighted by Crippen LogP contribution is -2.21. The van der Waals surface area contributed by atoms with Gasteiger partial charge in [-0.1, -0.05) is 12.1 Å². The first-order valence-corrected chi connectivity index (χ1v) is 9.88. The van der Waals surface area contributed by atoms with Crippen molar-refractivity contribution in [1.29, 1.82) is 0 Å². The number of carbonyl (C=O) groups is 2. The Morgan fingerprint density at radius 2 is 1.52 bits per heavy atom. The number of nitrogens with zero attached hydrogens (tertiary/aromatic N) is 1. The smallest absolute Gasteiger partial charge is 0.343 e. The second-order valence-electron chi connectivity index (χ2n) is 5.84. The number of aliphatic carboxylic acids is 1. The lowest BCUT2D eigenvalue weighted by molar-refractivity contribution is -0.138. The molecule has 0 fully saturated rings. The number of aliphatic imine (C=N–C) groups is 1. The number of ether oxygens (including phenoxy) is 1. The van der Waals surface area contributed by atoms with Gasteiger partial charge in [0.2, 0.25) is 0 Å². The normalized spacial score (nSPS) is 11.4. The Morgan fingerprint density at radius 3 is 1.93 bits per heavy atom. The Kier molecular flexibility index (Phi) is 8.30. The fourth-order valence-electron chi connectivity index (χ4n) is 1.95. The number of benzene rings is 2. The summed E-state index contributed by atoms with van der Waals surface area (Å²) in [6.45, 7) is 1.58. The number of esters is 1. The lowest BCUT2D eigenvalue weighted by atomic mass is 10.0. The van der Waals surface area contributed by atoms with E-state index in [4.69, 9.17) is 25.9 Å². The number of nitrogens with two attached hydrogens (primary N) is 2. The van der Waals surface area contributed by atoms with Gasteiger partial charge in [-0.2, -0.15) is 8.42 Å². The van der Waals surface area contributed by atoms with Gasteiger partial charge in [0.05, 0.1) is 23.4 Å². The van der Waals surface area contributed by atoms with E-state index < -0.39 is 28.0 Å². The maximum absolute atomic E-state index is 12.1. The molecule has 6 N–H and O–H groups in total. The molecule has 11 heteroatoms. The van der Waals surface area contributed by atoms with E-state index in [9.17, 15) is 18.0 Å². The predicted octanol–water partition coefficient (Wildman–Crippen LogP) is 1.50. The van der Waals surface area contributed by atoms with Crippen LogP contribution in [-0.2, 0) is 14.9 Å². The van der Waals surface area contributed by atoms with Gasteiger partial charge in [-0.25, -0.2) is 9.79 Å². The second kappa shape index (κ2) is 10.2. The van der Waals surface area contributed by atoms with Crippen LogP contribution in [0.25, 0.3) is 0 Å². The van der Waals surface area contributed by atoms with Crippen molar-refractivity contribution in [3.8, 4) is 5.75 Å². The number of carbonyl (C=O) groups excluding carboxylic acids is 1. The molecule has 0 aliphatic rings. The molecule has 0 saturated heterocycles. The summed E-state index contributed by atoms with van der Waals surface area (Å²) in [6, 6.07) is 12.6. The first-order chi connectivity index (χ1) is 13.4. The first kappa shape index (κ1) is 23.6. The van der Waals surface area contributed by atoms with Crippen molar-refractivity contribution in [2.75, 3.05) is 6.26 Å². The van der Waals surface area contributed by atoms with Crippen molar-refractivity contribution in [1.82, 2.24) is 0 Å². The molecule has 0 saturated carbocycles. The van der Waals surface area contributed by atoms with Crippen molar-refractivity contribution in [3.63, 3.8) is 0 Å². The maximum atomic E-state index is 12.1. The second-order valence-corrected chi connectivity index (χ2v) is 7.30. The fraction of sp³-hybridized carbons (Fsp3) is 0.167. The summed E-state index contributed by atoms with van der Waals surface area (Å²) in [5.74, 6) is -1.82. The van der Waals surface area contributed by atoms with E-state index in [0.717, 1.165) is 0 Å². The van der Waals surface area contributed by atoms with Gasteiger partial charge in [0.1, 0.15) is 5.75 Å². The highest BCUT2D eigenvalue weighted by Gasteiger charge is 2.14. The lowest BCUT2D eigenvalue weighted by Gasteiger charge is -2.08. The van der Waals surface area contributed by atoms with Gasteiger partial charge in [0.15, 0.2) is 5.96 Å². The van der Waals surface area contributed by atoms with Crippen LogP contribution in [0.15, 0.2) is 53.5 Å². The SMILES string of the molecule is CC(C(=O)O)c1ccc(OC(=O)c2ccc(N=C(N)N)cc2)cc1.CS(=O)(=O)O. The molecule has 29 heavy (non-hydrogen) atoms. The average Bonchev–Trinajstić information content (AvgIpc) is 2.60. The van der Waals surface area contributed by atoms with E-state index in [-0.39, 0.29) is 5.96 Å². The van der Waals surface area contributed by atoms with E-state index in [1.165, 1.54) is 0 Å². The number of hydrogen-bond acceptors (Lipinski definition) is 6. The number of rotatable bonds is 5. The maximum Gasteiger partial charge on any atom is 0.343 e. The molecule has 0 aliphatic carbocycles. The van der Waals surface area contributed by atoms with Gasteiger partial charge in [-0.3, -0.25) is 9.35 Å². The summed E-state index contributed by atoms with van der Waals surface area (Å²) in [4.78, 5) is 26.9. The molecule has 0 amide bonds. The van der Waals surface area contributed by atoms with Crippen LogP contribution in [0.1, 0.15) is 28.8 Å². The summed E-state index contributed by atoms with van der Waals surface area (Å²) in [6.07, 6.45) is 0.715. The number of guanidine groups is 1. The molecule has 2 aromatic rings. The highest BCUT2D eigenvalue weighted by Crippen LogP contribution is 2.21. The minimum atomic E-state index is -3.67. The van der Waals surface area contributed by atoms with Crippen molar-refractivity contribution < 1.29 is 32.4 Å². The molecule has 2 rings (SSSR count). The van der Waals surface area contributed by atoms with Gasteiger partial charge < -0.3 is 21.3 Å². The topological polar surface area (TPSA) is 182 Å². The Morgan fingerprint density at radius 1 is 1.03 bits per heavy atom.